The summed E-state index contributed by atoms with van der Waals surface area (Å²) >= 11 is 3.37. The lowest BCUT2D eigenvalue weighted by molar-refractivity contribution is 0.496. The molecule has 0 amide bonds. The normalized spacial score (nSPS) is 17.8. The summed E-state index contributed by atoms with van der Waals surface area (Å²) in [6, 6.07) is 7.85. The summed E-state index contributed by atoms with van der Waals surface area (Å²) in [4.78, 5) is 0. The standard InChI is InChI=1S/C13H18BrNO2S/c14-12-3-1-11(2-4-12)7-10-18(16,17)13-5-8-15-9-6-13/h1-4,13,15H,5-10H2. The van der Waals surface area contributed by atoms with Crippen molar-refractivity contribution in [2.75, 3.05) is 18.8 Å². The van der Waals surface area contributed by atoms with Crippen molar-refractivity contribution in [3.63, 3.8) is 0 Å². The van der Waals surface area contributed by atoms with E-state index >= 15 is 0 Å². The lowest BCUT2D eigenvalue weighted by Gasteiger charge is -2.22. The van der Waals surface area contributed by atoms with Crippen molar-refractivity contribution in [3.05, 3.63) is 34.3 Å². The molecule has 1 heterocycles. The molecule has 1 N–H and O–H groups in total. The molecule has 3 nitrogen and oxygen atoms in total. The highest BCUT2D eigenvalue weighted by molar-refractivity contribution is 9.10. The van der Waals surface area contributed by atoms with Crippen LogP contribution in [-0.4, -0.2) is 32.5 Å². The van der Waals surface area contributed by atoms with Gasteiger partial charge in [0.05, 0.1) is 11.0 Å². The van der Waals surface area contributed by atoms with Crippen LogP contribution in [0.1, 0.15) is 18.4 Å². The summed E-state index contributed by atoms with van der Waals surface area (Å²) in [5.41, 5.74) is 1.08. The van der Waals surface area contributed by atoms with E-state index < -0.39 is 9.84 Å². The molecular formula is C13H18BrNO2S. The summed E-state index contributed by atoms with van der Waals surface area (Å²) < 4.78 is 25.4. The Bertz CT molecular complexity index is 478. The van der Waals surface area contributed by atoms with Crippen LogP contribution in [0.15, 0.2) is 28.7 Å². The van der Waals surface area contributed by atoms with E-state index in [0.29, 0.717) is 6.42 Å². The lowest BCUT2D eigenvalue weighted by atomic mass is 10.2. The molecule has 1 aliphatic heterocycles. The number of hydrogen-bond donors (Lipinski definition) is 1. The molecule has 0 saturated carbocycles. The second-order valence-electron chi connectivity index (χ2n) is 4.69. The molecule has 1 fully saturated rings. The molecule has 0 aromatic heterocycles. The number of halogens is 1. The molecule has 1 aromatic carbocycles. The Morgan fingerprint density at radius 1 is 1.17 bits per heavy atom. The van der Waals surface area contributed by atoms with E-state index in [4.69, 9.17) is 0 Å². The van der Waals surface area contributed by atoms with E-state index in [1.54, 1.807) is 0 Å². The van der Waals surface area contributed by atoms with E-state index in [9.17, 15) is 8.42 Å². The molecular weight excluding hydrogens is 314 g/mol. The first kappa shape index (κ1) is 14.0. The number of aryl methyl sites for hydroxylation is 1. The van der Waals surface area contributed by atoms with Gasteiger partial charge in [-0.2, -0.15) is 0 Å². The van der Waals surface area contributed by atoms with Crippen molar-refractivity contribution >= 4 is 25.8 Å². The molecule has 1 saturated heterocycles. The van der Waals surface area contributed by atoms with Gasteiger partial charge < -0.3 is 5.32 Å². The van der Waals surface area contributed by atoms with E-state index in [0.717, 1.165) is 36.0 Å². The number of rotatable bonds is 4. The average Bonchev–Trinajstić information content (AvgIpc) is 2.39. The summed E-state index contributed by atoms with van der Waals surface area (Å²) in [6.45, 7) is 1.64. The van der Waals surface area contributed by atoms with Crippen molar-refractivity contribution in [1.82, 2.24) is 5.32 Å². The molecule has 18 heavy (non-hydrogen) atoms. The molecule has 2 rings (SSSR count). The monoisotopic (exact) mass is 331 g/mol. The second kappa shape index (κ2) is 6.17. The van der Waals surface area contributed by atoms with Crippen LogP contribution in [-0.2, 0) is 16.3 Å². The Morgan fingerprint density at radius 2 is 1.78 bits per heavy atom. The first-order valence-electron chi connectivity index (χ1n) is 6.25. The van der Waals surface area contributed by atoms with Gasteiger partial charge in [0.15, 0.2) is 9.84 Å². The fourth-order valence-electron chi connectivity index (χ4n) is 2.23. The molecule has 100 valence electrons. The lowest BCUT2D eigenvalue weighted by Crippen LogP contribution is -2.37. The van der Waals surface area contributed by atoms with Gasteiger partial charge in [-0.15, -0.1) is 0 Å². The number of sulfone groups is 1. The van der Waals surface area contributed by atoms with Crippen LogP contribution in [0.25, 0.3) is 0 Å². The average molecular weight is 332 g/mol. The molecule has 5 heteroatoms. The predicted octanol–water partition coefficient (Wildman–Crippen LogP) is 2.16. The zero-order valence-corrected chi connectivity index (χ0v) is 12.6. The minimum Gasteiger partial charge on any atom is -0.317 e. The first-order valence-corrected chi connectivity index (χ1v) is 8.75. The Kier molecular flexibility index (Phi) is 4.81. The van der Waals surface area contributed by atoms with Crippen LogP contribution < -0.4 is 5.32 Å². The van der Waals surface area contributed by atoms with Crippen LogP contribution in [0.2, 0.25) is 0 Å². The second-order valence-corrected chi connectivity index (χ2v) is 8.01. The third-order valence-corrected chi connectivity index (χ3v) is 6.17. The van der Waals surface area contributed by atoms with Gasteiger partial charge in [-0.05, 0) is 50.0 Å². The third kappa shape index (κ3) is 3.80. The maximum absolute atomic E-state index is 12.2. The number of piperidine rings is 1. The molecule has 0 aliphatic carbocycles. The molecule has 0 atom stereocenters. The highest BCUT2D eigenvalue weighted by atomic mass is 79.9. The summed E-state index contributed by atoms with van der Waals surface area (Å²) in [5, 5.41) is 3.05. The van der Waals surface area contributed by atoms with Crippen LogP contribution in [0, 0.1) is 0 Å². The van der Waals surface area contributed by atoms with Gasteiger partial charge in [0.1, 0.15) is 0 Å². The van der Waals surface area contributed by atoms with Crippen molar-refractivity contribution in [1.29, 1.82) is 0 Å². The topological polar surface area (TPSA) is 46.2 Å². The third-order valence-electron chi connectivity index (χ3n) is 3.38. The largest absolute Gasteiger partial charge is 0.317 e. The number of nitrogens with one attached hydrogen (secondary N) is 1. The van der Waals surface area contributed by atoms with Gasteiger partial charge in [0.25, 0.3) is 0 Å². The zero-order valence-electron chi connectivity index (χ0n) is 10.2. The minimum atomic E-state index is -2.94. The van der Waals surface area contributed by atoms with Crippen LogP contribution in [0.4, 0.5) is 0 Å². The molecule has 1 aliphatic rings. The molecule has 0 unspecified atom stereocenters. The maximum Gasteiger partial charge on any atom is 0.153 e. The summed E-state index contributed by atoms with van der Waals surface area (Å²) in [6.07, 6.45) is 2.12. The minimum absolute atomic E-state index is 0.144. The van der Waals surface area contributed by atoms with Crippen molar-refractivity contribution < 1.29 is 8.42 Å². The first-order chi connectivity index (χ1) is 8.58. The quantitative estimate of drug-likeness (QED) is 0.919. The summed E-state index contributed by atoms with van der Waals surface area (Å²) in [7, 11) is -2.94. The number of benzene rings is 1. The van der Waals surface area contributed by atoms with Gasteiger partial charge in [0.2, 0.25) is 0 Å². The van der Waals surface area contributed by atoms with Crippen LogP contribution >= 0.6 is 15.9 Å². The van der Waals surface area contributed by atoms with Crippen molar-refractivity contribution in [3.8, 4) is 0 Å². The highest BCUT2D eigenvalue weighted by Gasteiger charge is 2.26. The Labute approximate surface area is 117 Å². The van der Waals surface area contributed by atoms with Gasteiger partial charge in [-0.1, -0.05) is 28.1 Å². The highest BCUT2D eigenvalue weighted by Crippen LogP contribution is 2.16. The Morgan fingerprint density at radius 3 is 2.39 bits per heavy atom. The fourth-order valence-corrected chi connectivity index (χ4v) is 4.30. The summed E-state index contributed by atoms with van der Waals surface area (Å²) in [5.74, 6) is 0.263. The SMILES string of the molecule is O=S(=O)(CCc1ccc(Br)cc1)C1CCNCC1. The zero-order chi connectivity index (χ0) is 13.0. The van der Waals surface area contributed by atoms with Gasteiger partial charge in [-0.3, -0.25) is 0 Å². The maximum atomic E-state index is 12.2. The van der Waals surface area contributed by atoms with Crippen molar-refractivity contribution in [2.45, 2.75) is 24.5 Å². The van der Waals surface area contributed by atoms with Crippen LogP contribution in [0.3, 0.4) is 0 Å². The molecule has 0 spiro atoms. The van der Waals surface area contributed by atoms with Gasteiger partial charge in [-0.25, -0.2) is 8.42 Å². The van der Waals surface area contributed by atoms with E-state index in [2.05, 4.69) is 21.2 Å². The van der Waals surface area contributed by atoms with Gasteiger partial charge in [0, 0.05) is 4.47 Å². The Hall–Kier alpha value is -0.390. The molecule has 0 bridgehead atoms. The van der Waals surface area contributed by atoms with Crippen molar-refractivity contribution in [2.24, 2.45) is 0 Å². The van der Waals surface area contributed by atoms with Gasteiger partial charge >= 0.3 is 0 Å². The van der Waals surface area contributed by atoms with E-state index in [1.165, 1.54) is 0 Å². The molecule has 0 radical (unpaired) electrons. The Balaban J connectivity index is 1.94. The smallest absolute Gasteiger partial charge is 0.153 e. The van der Waals surface area contributed by atoms with E-state index in [1.807, 2.05) is 24.3 Å². The van der Waals surface area contributed by atoms with E-state index in [-0.39, 0.29) is 11.0 Å². The predicted molar refractivity (Wildman–Crippen MR) is 77.5 cm³/mol. The number of hydrogen-bond acceptors (Lipinski definition) is 3. The fraction of sp³-hybridized carbons (Fsp3) is 0.538. The molecule has 1 aromatic rings. The van der Waals surface area contributed by atoms with Crippen LogP contribution in [0.5, 0.6) is 0 Å².